The van der Waals surface area contributed by atoms with E-state index in [4.69, 9.17) is 0 Å². The first-order valence-corrected chi connectivity index (χ1v) is 11.1. The first-order chi connectivity index (χ1) is 12.2. The SMILES string of the molecule is Cc1ccc2nc(NC(=O)c3ccc(C4SCCCS4)cc3)sc2c1. The smallest absolute Gasteiger partial charge is 0.257 e. The van der Waals surface area contributed by atoms with Gasteiger partial charge in [0.25, 0.3) is 5.91 Å². The molecular weight excluding hydrogens is 368 g/mol. The first-order valence-electron chi connectivity index (χ1n) is 8.21. The van der Waals surface area contributed by atoms with E-state index in [1.807, 2.05) is 47.8 Å². The third-order valence-electron chi connectivity index (χ3n) is 4.04. The Kier molecular flexibility index (Phi) is 5.01. The van der Waals surface area contributed by atoms with Gasteiger partial charge in [0.15, 0.2) is 5.13 Å². The number of aryl methyl sites for hydroxylation is 1. The number of benzene rings is 2. The van der Waals surface area contributed by atoms with E-state index in [1.54, 1.807) is 0 Å². The molecule has 2 aromatic carbocycles. The Hall–Kier alpha value is -1.50. The monoisotopic (exact) mass is 386 g/mol. The van der Waals surface area contributed by atoms with Gasteiger partial charge in [-0.25, -0.2) is 4.98 Å². The standard InChI is InChI=1S/C19H18N2OS3/c1-12-3-8-15-16(11-12)25-19(20-15)21-17(22)13-4-6-14(7-5-13)18-23-9-2-10-24-18/h3-8,11,18H,2,9-10H2,1H3,(H,20,21,22). The van der Waals surface area contributed by atoms with E-state index in [9.17, 15) is 4.79 Å². The molecular formula is C19H18N2OS3. The number of carbonyl (C=O) groups excluding carboxylic acids is 1. The number of carbonyl (C=O) groups is 1. The number of aromatic nitrogens is 1. The number of nitrogens with zero attached hydrogens (tertiary/aromatic N) is 1. The van der Waals surface area contributed by atoms with E-state index in [-0.39, 0.29) is 5.91 Å². The van der Waals surface area contributed by atoms with Crippen LogP contribution in [-0.2, 0) is 0 Å². The Labute approximate surface area is 159 Å². The van der Waals surface area contributed by atoms with Gasteiger partial charge in [0.05, 0.1) is 14.8 Å². The van der Waals surface area contributed by atoms with Crippen molar-refractivity contribution in [3.8, 4) is 0 Å². The van der Waals surface area contributed by atoms with Crippen LogP contribution < -0.4 is 5.32 Å². The van der Waals surface area contributed by atoms with Crippen LogP contribution in [0.25, 0.3) is 10.2 Å². The molecule has 128 valence electrons. The Morgan fingerprint density at radius 1 is 1.12 bits per heavy atom. The third kappa shape index (κ3) is 3.86. The van der Waals surface area contributed by atoms with Crippen LogP contribution in [0, 0.1) is 6.92 Å². The predicted octanol–water partition coefficient (Wildman–Crippen LogP) is 5.73. The molecule has 1 N–H and O–H groups in total. The second-order valence-corrected chi connectivity index (χ2v) is 9.75. The fourth-order valence-electron chi connectivity index (χ4n) is 2.73. The van der Waals surface area contributed by atoms with Crippen LogP contribution in [0.15, 0.2) is 42.5 Å². The van der Waals surface area contributed by atoms with Crippen molar-refractivity contribution in [3.05, 3.63) is 59.2 Å². The molecule has 1 aliphatic rings. The summed E-state index contributed by atoms with van der Waals surface area (Å²) in [6.45, 7) is 2.06. The van der Waals surface area contributed by atoms with Gasteiger partial charge in [-0.1, -0.05) is 29.5 Å². The molecule has 0 unspecified atom stereocenters. The number of hydrogen-bond donors (Lipinski definition) is 1. The normalized spacial score (nSPS) is 15.4. The van der Waals surface area contributed by atoms with Crippen molar-refractivity contribution in [2.75, 3.05) is 16.8 Å². The van der Waals surface area contributed by atoms with Gasteiger partial charge in [0, 0.05) is 5.56 Å². The number of nitrogens with one attached hydrogen (secondary N) is 1. The van der Waals surface area contributed by atoms with Gasteiger partial charge in [0.1, 0.15) is 0 Å². The quantitative estimate of drug-likeness (QED) is 0.624. The third-order valence-corrected chi connectivity index (χ3v) is 7.99. The summed E-state index contributed by atoms with van der Waals surface area (Å²) in [6.07, 6.45) is 1.29. The summed E-state index contributed by atoms with van der Waals surface area (Å²) in [6, 6.07) is 14.1. The Balaban J connectivity index is 1.48. The van der Waals surface area contributed by atoms with E-state index in [0.29, 0.717) is 15.3 Å². The zero-order valence-corrected chi connectivity index (χ0v) is 16.3. The minimum atomic E-state index is -0.105. The average molecular weight is 387 g/mol. The number of hydrogen-bond acceptors (Lipinski definition) is 5. The van der Waals surface area contributed by atoms with Crippen LogP contribution in [0.4, 0.5) is 5.13 Å². The van der Waals surface area contributed by atoms with Gasteiger partial charge in [-0.3, -0.25) is 10.1 Å². The molecule has 0 atom stereocenters. The summed E-state index contributed by atoms with van der Waals surface area (Å²) in [5.41, 5.74) is 4.09. The summed E-state index contributed by atoms with van der Waals surface area (Å²) in [5.74, 6) is 2.33. The lowest BCUT2D eigenvalue weighted by molar-refractivity contribution is 0.102. The van der Waals surface area contributed by atoms with Gasteiger partial charge in [-0.05, 0) is 60.2 Å². The van der Waals surface area contributed by atoms with Crippen LogP contribution in [0.3, 0.4) is 0 Å². The molecule has 4 rings (SSSR count). The van der Waals surface area contributed by atoms with Crippen LogP contribution in [0.1, 0.15) is 32.5 Å². The highest BCUT2D eigenvalue weighted by molar-refractivity contribution is 8.16. The molecule has 1 fully saturated rings. The number of anilines is 1. The summed E-state index contributed by atoms with van der Waals surface area (Å²) in [4.78, 5) is 17.0. The summed E-state index contributed by atoms with van der Waals surface area (Å²) in [5, 5.41) is 3.57. The van der Waals surface area contributed by atoms with E-state index in [1.165, 1.54) is 40.4 Å². The van der Waals surface area contributed by atoms with Crippen molar-refractivity contribution in [3.63, 3.8) is 0 Å². The van der Waals surface area contributed by atoms with Gasteiger partial charge < -0.3 is 0 Å². The fourth-order valence-corrected chi connectivity index (χ4v) is 6.58. The second-order valence-electron chi connectivity index (χ2n) is 5.99. The highest BCUT2D eigenvalue weighted by atomic mass is 32.2. The van der Waals surface area contributed by atoms with Gasteiger partial charge >= 0.3 is 0 Å². The van der Waals surface area contributed by atoms with Crippen molar-refractivity contribution in [2.45, 2.75) is 17.9 Å². The molecule has 0 radical (unpaired) electrons. The fraction of sp³-hybridized carbons (Fsp3) is 0.263. The molecule has 6 heteroatoms. The molecule has 1 saturated heterocycles. The molecule has 3 aromatic rings. The van der Waals surface area contributed by atoms with Crippen molar-refractivity contribution in [1.29, 1.82) is 0 Å². The molecule has 1 aliphatic heterocycles. The Morgan fingerprint density at radius 3 is 2.64 bits per heavy atom. The molecule has 0 spiro atoms. The van der Waals surface area contributed by atoms with Crippen LogP contribution in [0.5, 0.6) is 0 Å². The second kappa shape index (κ2) is 7.40. The highest BCUT2D eigenvalue weighted by Gasteiger charge is 2.17. The van der Waals surface area contributed by atoms with Crippen LogP contribution in [-0.4, -0.2) is 22.4 Å². The average Bonchev–Trinajstić information content (AvgIpc) is 3.04. The minimum absolute atomic E-state index is 0.105. The topological polar surface area (TPSA) is 42.0 Å². The lowest BCUT2D eigenvalue weighted by Gasteiger charge is -2.21. The summed E-state index contributed by atoms with van der Waals surface area (Å²) >= 11 is 5.49. The van der Waals surface area contributed by atoms with E-state index >= 15 is 0 Å². The van der Waals surface area contributed by atoms with Crippen LogP contribution >= 0.6 is 34.9 Å². The molecule has 3 nitrogen and oxygen atoms in total. The van der Waals surface area contributed by atoms with Crippen LogP contribution in [0.2, 0.25) is 0 Å². The number of thioether (sulfide) groups is 2. The van der Waals surface area contributed by atoms with Crippen molar-refractivity contribution >= 4 is 56.1 Å². The maximum atomic E-state index is 12.5. The lowest BCUT2D eigenvalue weighted by atomic mass is 10.1. The van der Waals surface area contributed by atoms with E-state index in [0.717, 1.165) is 10.2 Å². The van der Waals surface area contributed by atoms with Crippen molar-refractivity contribution in [2.24, 2.45) is 0 Å². The summed E-state index contributed by atoms with van der Waals surface area (Å²) < 4.78 is 1.59. The molecule has 1 aromatic heterocycles. The molecule has 0 saturated carbocycles. The maximum Gasteiger partial charge on any atom is 0.257 e. The number of fused-ring (bicyclic) bond motifs is 1. The largest absolute Gasteiger partial charge is 0.298 e. The maximum absolute atomic E-state index is 12.5. The molecule has 2 heterocycles. The highest BCUT2D eigenvalue weighted by Crippen LogP contribution is 2.43. The lowest BCUT2D eigenvalue weighted by Crippen LogP contribution is -2.11. The number of rotatable bonds is 3. The molecule has 0 aliphatic carbocycles. The summed E-state index contributed by atoms with van der Waals surface area (Å²) in [7, 11) is 0. The van der Waals surface area contributed by atoms with Gasteiger partial charge in [-0.2, -0.15) is 0 Å². The van der Waals surface area contributed by atoms with Gasteiger partial charge in [0.2, 0.25) is 0 Å². The van der Waals surface area contributed by atoms with E-state index < -0.39 is 0 Å². The molecule has 0 bridgehead atoms. The predicted molar refractivity (Wildman–Crippen MR) is 111 cm³/mol. The van der Waals surface area contributed by atoms with E-state index in [2.05, 4.69) is 35.4 Å². The Bertz CT molecular complexity index is 899. The minimum Gasteiger partial charge on any atom is -0.298 e. The Morgan fingerprint density at radius 2 is 1.88 bits per heavy atom. The number of amides is 1. The molecule has 1 amide bonds. The first kappa shape index (κ1) is 16.9. The van der Waals surface area contributed by atoms with Crippen molar-refractivity contribution in [1.82, 2.24) is 4.98 Å². The zero-order valence-electron chi connectivity index (χ0n) is 13.8. The molecule has 25 heavy (non-hydrogen) atoms. The number of thiazole rings is 1. The zero-order chi connectivity index (χ0) is 17.2. The van der Waals surface area contributed by atoms with Crippen molar-refractivity contribution < 1.29 is 4.79 Å². The van der Waals surface area contributed by atoms with Gasteiger partial charge in [-0.15, -0.1) is 23.5 Å².